The average molecular weight is 262 g/mol. The Morgan fingerprint density at radius 1 is 1.32 bits per heavy atom. The Morgan fingerprint density at radius 2 is 1.95 bits per heavy atom. The summed E-state index contributed by atoms with van der Waals surface area (Å²) in [7, 11) is 0. The summed E-state index contributed by atoms with van der Waals surface area (Å²) in [6.07, 6.45) is 0.474. The number of morpholine rings is 1. The number of carbonyl (C=O) groups excluding carboxylic acids is 1. The highest BCUT2D eigenvalue weighted by Gasteiger charge is 2.24. The number of amides is 1. The highest BCUT2D eigenvalue weighted by atomic mass is 16.5. The molecular weight excluding hydrogens is 240 g/mol. The number of hydrogen-bond donors (Lipinski definition) is 1. The van der Waals surface area contributed by atoms with Gasteiger partial charge in [0, 0.05) is 31.5 Å². The lowest BCUT2D eigenvalue weighted by Crippen LogP contribution is -2.42. The summed E-state index contributed by atoms with van der Waals surface area (Å²) in [6, 6.07) is 10.0. The molecule has 2 N–H and O–H groups in total. The molecule has 0 radical (unpaired) electrons. The van der Waals surface area contributed by atoms with E-state index in [1.54, 1.807) is 0 Å². The van der Waals surface area contributed by atoms with Crippen molar-refractivity contribution in [3.63, 3.8) is 0 Å². The molecule has 1 aliphatic heterocycles. The van der Waals surface area contributed by atoms with E-state index in [0.29, 0.717) is 32.7 Å². The number of nitrogens with zero attached hydrogens (tertiary/aromatic N) is 1. The van der Waals surface area contributed by atoms with Gasteiger partial charge in [0.05, 0.1) is 13.2 Å². The predicted octanol–water partition coefficient (Wildman–Crippen LogP) is 1.37. The largest absolute Gasteiger partial charge is 0.378 e. The minimum absolute atomic E-state index is 0.0348. The van der Waals surface area contributed by atoms with Crippen molar-refractivity contribution in [1.82, 2.24) is 4.90 Å². The Morgan fingerprint density at radius 3 is 2.53 bits per heavy atom. The maximum atomic E-state index is 12.3. The zero-order valence-corrected chi connectivity index (χ0v) is 11.4. The monoisotopic (exact) mass is 262 g/mol. The summed E-state index contributed by atoms with van der Waals surface area (Å²) >= 11 is 0. The molecule has 1 aliphatic rings. The van der Waals surface area contributed by atoms with Crippen LogP contribution in [0.15, 0.2) is 30.3 Å². The summed E-state index contributed by atoms with van der Waals surface area (Å²) in [5.41, 5.74) is 7.19. The topological polar surface area (TPSA) is 55.6 Å². The van der Waals surface area contributed by atoms with Crippen molar-refractivity contribution in [3.8, 4) is 0 Å². The average Bonchev–Trinajstić information content (AvgIpc) is 2.46. The molecule has 0 unspecified atom stereocenters. The van der Waals surface area contributed by atoms with Crippen molar-refractivity contribution in [2.45, 2.75) is 25.3 Å². The van der Waals surface area contributed by atoms with Crippen LogP contribution in [0.3, 0.4) is 0 Å². The van der Waals surface area contributed by atoms with Crippen molar-refractivity contribution < 1.29 is 9.53 Å². The first-order valence-electron chi connectivity index (χ1n) is 6.84. The van der Waals surface area contributed by atoms with E-state index in [1.165, 1.54) is 0 Å². The molecule has 1 fully saturated rings. The van der Waals surface area contributed by atoms with Gasteiger partial charge in [0.15, 0.2) is 0 Å². The Labute approximate surface area is 114 Å². The Balaban J connectivity index is 2.02. The molecule has 104 valence electrons. The van der Waals surface area contributed by atoms with Crippen LogP contribution in [-0.4, -0.2) is 43.2 Å². The number of ether oxygens (including phenoxy) is 1. The van der Waals surface area contributed by atoms with Gasteiger partial charge in [0.2, 0.25) is 5.91 Å². The molecule has 4 heteroatoms. The van der Waals surface area contributed by atoms with Crippen LogP contribution >= 0.6 is 0 Å². The lowest BCUT2D eigenvalue weighted by Gasteiger charge is -2.29. The first-order chi connectivity index (χ1) is 9.18. The van der Waals surface area contributed by atoms with Gasteiger partial charge in [-0.2, -0.15) is 0 Å². The molecule has 19 heavy (non-hydrogen) atoms. The Bertz CT molecular complexity index is 400. The van der Waals surface area contributed by atoms with Crippen LogP contribution in [0.25, 0.3) is 0 Å². The quantitative estimate of drug-likeness (QED) is 0.891. The SMILES string of the molecule is C[C@@H](N)[C@H](CC(=O)N1CCOCC1)c1ccccc1. The fourth-order valence-corrected chi connectivity index (χ4v) is 2.44. The summed E-state index contributed by atoms with van der Waals surface area (Å²) in [5.74, 6) is 0.256. The third-order valence-electron chi connectivity index (χ3n) is 3.62. The zero-order valence-electron chi connectivity index (χ0n) is 11.4. The van der Waals surface area contributed by atoms with Gasteiger partial charge in [-0.25, -0.2) is 0 Å². The standard InChI is InChI=1S/C15H22N2O2/c1-12(16)14(13-5-3-2-4-6-13)11-15(18)17-7-9-19-10-8-17/h2-6,12,14H,7-11,16H2,1H3/t12-,14+/m1/s1. The lowest BCUT2D eigenvalue weighted by atomic mass is 9.89. The minimum atomic E-state index is -0.0348. The molecule has 1 saturated heterocycles. The van der Waals surface area contributed by atoms with Gasteiger partial charge in [0.25, 0.3) is 0 Å². The van der Waals surface area contributed by atoms with E-state index in [-0.39, 0.29) is 17.9 Å². The van der Waals surface area contributed by atoms with Crippen LogP contribution in [0.5, 0.6) is 0 Å². The second-order valence-electron chi connectivity index (χ2n) is 5.07. The first-order valence-corrected chi connectivity index (χ1v) is 6.84. The van der Waals surface area contributed by atoms with E-state index in [9.17, 15) is 4.79 Å². The molecule has 0 saturated carbocycles. The molecular formula is C15H22N2O2. The molecule has 1 aromatic carbocycles. The van der Waals surface area contributed by atoms with Crippen LogP contribution in [0.1, 0.15) is 24.8 Å². The molecule has 0 aromatic heterocycles. The third kappa shape index (κ3) is 3.78. The second kappa shape index (κ2) is 6.68. The van der Waals surface area contributed by atoms with Gasteiger partial charge in [-0.05, 0) is 12.5 Å². The molecule has 1 amide bonds. The van der Waals surface area contributed by atoms with Gasteiger partial charge >= 0.3 is 0 Å². The molecule has 1 aromatic rings. The third-order valence-corrected chi connectivity index (χ3v) is 3.62. The van der Waals surface area contributed by atoms with E-state index in [0.717, 1.165) is 5.56 Å². The summed E-state index contributed by atoms with van der Waals surface area (Å²) < 4.78 is 5.27. The minimum Gasteiger partial charge on any atom is -0.378 e. The maximum absolute atomic E-state index is 12.3. The number of rotatable bonds is 4. The van der Waals surface area contributed by atoms with E-state index < -0.39 is 0 Å². The predicted molar refractivity (Wildman–Crippen MR) is 74.8 cm³/mol. The van der Waals surface area contributed by atoms with Gasteiger partial charge in [-0.1, -0.05) is 30.3 Å². The van der Waals surface area contributed by atoms with Crippen LogP contribution in [0, 0.1) is 0 Å². The molecule has 0 aliphatic carbocycles. The fraction of sp³-hybridized carbons (Fsp3) is 0.533. The number of hydrogen-bond acceptors (Lipinski definition) is 3. The molecule has 0 spiro atoms. The van der Waals surface area contributed by atoms with Crippen molar-refractivity contribution >= 4 is 5.91 Å². The van der Waals surface area contributed by atoms with Crippen molar-refractivity contribution in [2.24, 2.45) is 5.73 Å². The molecule has 2 atom stereocenters. The fourth-order valence-electron chi connectivity index (χ4n) is 2.44. The van der Waals surface area contributed by atoms with E-state index in [2.05, 4.69) is 0 Å². The number of carbonyl (C=O) groups is 1. The number of benzene rings is 1. The molecule has 4 nitrogen and oxygen atoms in total. The van der Waals surface area contributed by atoms with Crippen molar-refractivity contribution in [2.75, 3.05) is 26.3 Å². The van der Waals surface area contributed by atoms with Gasteiger partial charge in [0.1, 0.15) is 0 Å². The lowest BCUT2D eigenvalue weighted by molar-refractivity contribution is -0.135. The smallest absolute Gasteiger partial charge is 0.223 e. The highest BCUT2D eigenvalue weighted by molar-refractivity contribution is 5.77. The molecule has 1 heterocycles. The van der Waals surface area contributed by atoms with Gasteiger partial charge in [-0.3, -0.25) is 4.79 Å². The van der Waals surface area contributed by atoms with Crippen LogP contribution in [-0.2, 0) is 9.53 Å². The van der Waals surface area contributed by atoms with E-state index in [1.807, 2.05) is 42.2 Å². The second-order valence-corrected chi connectivity index (χ2v) is 5.07. The maximum Gasteiger partial charge on any atom is 0.223 e. The first kappa shape index (κ1) is 14.0. The molecule has 0 bridgehead atoms. The highest BCUT2D eigenvalue weighted by Crippen LogP contribution is 2.23. The van der Waals surface area contributed by atoms with Gasteiger partial charge in [-0.15, -0.1) is 0 Å². The van der Waals surface area contributed by atoms with Crippen molar-refractivity contribution in [3.05, 3.63) is 35.9 Å². The zero-order chi connectivity index (χ0) is 13.7. The van der Waals surface area contributed by atoms with Gasteiger partial charge < -0.3 is 15.4 Å². The van der Waals surface area contributed by atoms with Crippen molar-refractivity contribution in [1.29, 1.82) is 0 Å². The van der Waals surface area contributed by atoms with Crippen LogP contribution in [0.2, 0.25) is 0 Å². The summed E-state index contributed by atoms with van der Waals surface area (Å²) in [6.45, 7) is 4.63. The Kier molecular flexibility index (Phi) is 4.93. The Hall–Kier alpha value is -1.39. The summed E-state index contributed by atoms with van der Waals surface area (Å²) in [5, 5.41) is 0. The van der Waals surface area contributed by atoms with E-state index in [4.69, 9.17) is 10.5 Å². The van der Waals surface area contributed by atoms with E-state index >= 15 is 0 Å². The molecule has 2 rings (SSSR count). The van der Waals surface area contributed by atoms with Crippen LogP contribution in [0.4, 0.5) is 0 Å². The number of nitrogens with two attached hydrogens (primary N) is 1. The normalized spacial score (nSPS) is 18.9. The van der Waals surface area contributed by atoms with Crippen LogP contribution < -0.4 is 5.73 Å². The summed E-state index contributed by atoms with van der Waals surface area (Å²) in [4.78, 5) is 14.2.